The normalized spacial score (nSPS) is 10.7. The molecule has 2 aromatic rings. The average molecular weight is 304 g/mol. The van der Waals surface area contributed by atoms with Crippen LogP contribution in [0.3, 0.4) is 0 Å². The van der Waals surface area contributed by atoms with Gasteiger partial charge in [-0.2, -0.15) is 0 Å². The molecule has 2 rings (SSSR count). The molecule has 6 heteroatoms. The first-order valence-electron chi connectivity index (χ1n) is 5.93. The Bertz CT molecular complexity index is 740. The fourth-order valence-corrected chi connectivity index (χ4v) is 1.86. The standard InChI is InChI=1S/C15H10ClNO4/c16-13-8-10(5-7-15(13)19)4-6-14(18)11-2-1-3-12(9-11)17(20)21/h1-9,19H. The second-order valence-corrected chi connectivity index (χ2v) is 4.62. The van der Waals surface area contributed by atoms with Gasteiger partial charge < -0.3 is 5.11 Å². The number of hydrogen-bond acceptors (Lipinski definition) is 4. The van der Waals surface area contributed by atoms with Gasteiger partial charge in [-0.15, -0.1) is 0 Å². The maximum absolute atomic E-state index is 12.0. The number of benzene rings is 2. The number of phenols is 1. The van der Waals surface area contributed by atoms with E-state index in [0.717, 1.165) is 0 Å². The van der Waals surface area contributed by atoms with Gasteiger partial charge in [0.05, 0.1) is 9.95 Å². The molecule has 5 nitrogen and oxygen atoms in total. The Morgan fingerprint density at radius 1 is 1.24 bits per heavy atom. The van der Waals surface area contributed by atoms with Crippen LogP contribution in [0, 0.1) is 10.1 Å². The van der Waals surface area contributed by atoms with Gasteiger partial charge in [0.2, 0.25) is 0 Å². The average Bonchev–Trinajstić information content (AvgIpc) is 2.48. The fraction of sp³-hybridized carbons (Fsp3) is 0. The minimum Gasteiger partial charge on any atom is -0.506 e. The maximum Gasteiger partial charge on any atom is 0.270 e. The molecule has 0 heterocycles. The molecule has 0 unspecified atom stereocenters. The van der Waals surface area contributed by atoms with Crippen LogP contribution >= 0.6 is 11.6 Å². The van der Waals surface area contributed by atoms with E-state index in [2.05, 4.69) is 0 Å². The van der Waals surface area contributed by atoms with E-state index in [4.69, 9.17) is 11.6 Å². The molecule has 1 N–H and O–H groups in total. The van der Waals surface area contributed by atoms with Crippen molar-refractivity contribution >= 4 is 29.1 Å². The summed E-state index contributed by atoms with van der Waals surface area (Å²) in [5, 5.41) is 20.1. The van der Waals surface area contributed by atoms with Gasteiger partial charge in [-0.25, -0.2) is 0 Å². The van der Waals surface area contributed by atoms with E-state index in [0.29, 0.717) is 5.56 Å². The smallest absolute Gasteiger partial charge is 0.270 e. The number of allylic oxidation sites excluding steroid dienone is 1. The number of rotatable bonds is 4. The Kier molecular flexibility index (Phi) is 4.35. The van der Waals surface area contributed by atoms with Gasteiger partial charge in [0.1, 0.15) is 5.75 Å². The molecule has 0 amide bonds. The molecular weight excluding hydrogens is 294 g/mol. The predicted octanol–water partition coefficient (Wildman–Crippen LogP) is 3.85. The Balaban J connectivity index is 2.20. The van der Waals surface area contributed by atoms with E-state index in [9.17, 15) is 20.0 Å². The number of aromatic hydroxyl groups is 1. The molecule has 2 aromatic carbocycles. The van der Waals surface area contributed by atoms with Gasteiger partial charge in [-0.1, -0.05) is 35.9 Å². The number of hydrogen-bond donors (Lipinski definition) is 1. The van der Waals surface area contributed by atoms with Gasteiger partial charge in [0, 0.05) is 17.7 Å². The number of halogens is 1. The molecule has 0 radical (unpaired) electrons. The zero-order valence-electron chi connectivity index (χ0n) is 10.7. The lowest BCUT2D eigenvalue weighted by Crippen LogP contribution is -1.96. The van der Waals surface area contributed by atoms with Crippen LogP contribution in [0.5, 0.6) is 5.75 Å². The molecule has 0 atom stereocenters. The second-order valence-electron chi connectivity index (χ2n) is 4.22. The summed E-state index contributed by atoms with van der Waals surface area (Å²) in [7, 11) is 0. The molecule has 0 saturated heterocycles. The molecule has 21 heavy (non-hydrogen) atoms. The summed E-state index contributed by atoms with van der Waals surface area (Å²) in [6, 6.07) is 10.0. The lowest BCUT2D eigenvalue weighted by atomic mass is 10.1. The molecule has 106 valence electrons. The Morgan fingerprint density at radius 3 is 2.67 bits per heavy atom. The van der Waals surface area contributed by atoms with Crippen molar-refractivity contribution in [1.29, 1.82) is 0 Å². The van der Waals surface area contributed by atoms with Gasteiger partial charge in [-0.05, 0) is 23.8 Å². The molecule has 0 aromatic heterocycles. The molecule has 0 aliphatic rings. The number of ketones is 1. The first kappa shape index (κ1) is 14.7. The van der Waals surface area contributed by atoms with Crippen molar-refractivity contribution in [3.8, 4) is 5.75 Å². The van der Waals surface area contributed by atoms with Crippen molar-refractivity contribution < 1.29 is 14.8 Å². The van der Waals surface area contributed by atoms with Crippen LogP contribution in [0.4, 0.5) is 5.69 Å². The zero-order valence-corrected chi connectivity index (χ0v) is 11.4. The highest BCUT2D eigenvalue weighted by atomic mass is 35.5. The Morgan fingerprint density at radius 2 is 2.00 bits per heavy atom. The number of nitrogens with zero attached hydrogens (tertiary/aromatic N) is 1. The summed E-state index contributed by atoms with van der Waals surface area (Å²) in [4.78, 5) is 22.1. The molecule has 0 spiro atoms. The Labute approximate surface area is 125 Å². The monoisotopic (exact) mass is 303 g/mol. The van der Waals surface area contributed by atoms with Crippen LogP contribution in [0.2, 0.25) is 5.02 Å². The van der Waals surface area contributed by atoms with Crippen molar-refractivity contribution in [3.05, 3.63) is 74.8 Å². The minimum atomic E-state index is -0.555. The van der Waals surface area contributed by atoms with Gasteiger partial charge >= 0.3 is 0 Å². The highest BCUT2D eigenvalue weighted by molar-refractivity contribution is 6.32. The van der Waals surface area contributed by atoms with Crippen molar-refractivity contribution in [2.75, 3.05) is 0 Å². The molecule has 0 fully saturated rings. The van der Waals surface area contributed by atoms with Crippen LogP contribution in [0.15, 0.2) is 48.5 Å². The third kappa shape index (κ3) is 3.67. The van der Waals surface area contributed by atoms with E-state index < -0.39 is 4.92 Å². The van der Waals surface area contributed by atoms with E-state index in [1.807, 2.05) is 0 Å². The van der Waals surface area contributed by atoms with Crippen LogP contribution in [-0.4, -0.2) is 15.8 Å². The summed E-state index contributed by atoms with van der Waals surface area (Å²) in [6.07, 6.45) is 2.81. The fourth-order valence-electron chi connectivity index (χ4n) is 1.67. The molecule has 0 aliphatic carbocycles. The zero-order chi connectivity index (χ0) is 15.4. The lowest BCUT2D eigenvalue weighted by Gasteiger charge is -1.98. The largest absolute Gasteiger partial charge is 0.506 e. The van der Waals surface area contributed by atoms with Crippen LogP contribution in [0.25, 0.3) is 6.08 Å². The number of carbonyl (C=O) groups is 1. The quantitative estimate of drug-likeness (QED) is 0.402. The summed E-state index contributed by atoms with van der Waals surface area (Å²) in [5.74, 6) is -0.401. The lowest BCUT2D eigenvalue weighted by molar-refractivity contribution is -0.384. The molecule has 0 aliphatic heterocycles. The topological polar surface area (TPSA) is 80.4 Å². The van der Waals surface area contributed by atoms with Crippen molar-refractivity contribution in [1.82, 2.24) is 0 Å². The predicted molar refractivity (Wildman–Crippen MR) is 79.6 cm³/mol. The van der Waals surface area contributed by atoms with E-state index in [-0.39, 0.29) is 27.8 Å². The van der Waals surface area contributed by atoms with Crippen molar-refractivity contribution in [2.45, 2.75) is 0 Å². The van der Waals surface area contributed by atoms with Crippen LogP contribution in [-0.2, 0) is 0 Å². The summed E-state index contributed by atoms with van der Waals surface area (Å²) >= 11 is 5.76. The van der Waals surface area contributed by atoms with E-state index >= 15 is 0 Å². The van der Waals surface area contributed by atoms with Crippen LogP contribution < -0.4 is 0 Å². The molecule has 0 saturated carbocycles. The summed E-state index contributed by atoms with van der Waals surface area (Å²) in [5.41, 5.74) is 0.726. The Hall–Kier alpha value is -2.66. The van der Waals surface area contributed by atoms with E-state index in [1.165, 1.54) is 48.6 Å². The maximum atomic E-state index is 12.0. The van der Waals surface area contributed by atoms with Gasteiger partial charge in [0.15, 0.2) is 5.78 Å². The van der Waals surface area contributed by atoms with E-state index in [1.54, 1.807) is 6.07 Å². The second kappa shape index (κ2) is 6.19. The highest BCUT2D eigenvalue weighted by Gasteiger charge is 2.09. The number of phenolic OH excluding ortho intramolecular Hbond substituents is 1. The number of nitro benzene ring substituents is 1. The van der Waals surface area contributed by atoms with Crippen molar-refractivity contribution in [2.24, 2.45) is 0 Å². The highest BCUT2D eigenvalue weighted by Crippen LogP contribution is 2.24. The summed E-state index contributed by atoms with van der Waals surface area (Å²) < 4.78 is 0. The number of non-ortho nitro benzene ring substituents is 1. The van der Waals surface area contributed by atoms with Gasteiger partial charge in [-0.3, -0.25) is 14.9 Å². The number of carbonyl (C=O) groups excluding carboxylic acids is 1. The first-order chi connectivity index (χ1) is 9.97. The summed E-state index contributed by atoms with van der Waals surface area (Å²) in [6.45, 7) is 0. The molecular formula is C15H10ClNO4. The van der Waals surface area contributed by atoms with Crippen LogP contribution in [0.1, 0.15) is 15.9 Å². The van der Waals surface area contributed by atoms with Crippen molar-refractivity contribution in [3.63, 3.8) is 0 Å². The SMILES string of the molecule is O=C(C=Cc1ccc(O)c(Cl)c1)c1cccc([N+](=O)[O-])c1. The third-order valence-electron chi connectivity index (χ3n) is 2.74. The third-order valence-corrected chi connectivity index (χ3v) is 3.04. The minimum absolute atomic E-state index is 0.0428. The first-order valence-corrected chi connectivity index (χ1v) is 6.30. The molecule has 0 bridgehead atoms. The number of nitro groups is 1. The van der Waals surface area contributed by atoms with Gasteiger partial charge in [0.25, 0.3) is 5.69 Å².